The highest BCUT2D eigenvalue weighted by Gasteiger charge is 2.17. The molecule has 1 aliphatic rings. The lowest BCUT2D eigenvalue weighted by Crippen LogP contribution is -2.19. The van der Waals surface area contributed by atoms with E-state index >= 15 is 0 Å². The lowest BCUT2D eigenvalue weighted by atomic mass is 10.1. The summed E-state index contributed by atoms with van der Waals surface area (Å²) in [6.45, 7) is 2.02. The van der Waals surface area contributed by atoms with Gasteiger partial charge in [0.2, 0.25) is 0 Å². The molecule has 30 heavy (non-hydrogen) atoms. The van der Waals surface area contributed by atoms with Crippen LogP contribution in [0.1, 0.15) is 23.2 Å². The summed E-state index contributed by atoms with van der Waals surface area (Å²) in [5.74, 6) is 0.361. The maximum Gasteiger partial charge on any atom is 0.270 e. The van der Waals surface area contributed by atoms with Crippen molar-refractivity contribution in [1.82, 2.24) is 10.2 Å². The van der Waals surface area contributed by atoms with Crippen LogP contribution in [0.4, 0.5) is 17.2 Å². The van der Waals surface area contributed by atoms with Gasteiger partial charge in [0, 0.05) is 36.5 Å². The highest BCUT2D eigenvalue weighted by molar-refractivity contribution is 6.34. The van der Waals surface area contributed by atoms with Gasteiger partial charge in [-0.1, -0.05) is 23.7 Å². The number of benzene rings is 2. The zero-order chi connectivity index (χ0) is 21.1. The van der Waals surface area contributed by atoms with Crippen LogP contribution in [0, 0.1) is 10.1 Å². The van der Waals surface area contributed by atoms with E-state index in [0.717, 1.165) is 36.2 Å². The van der Waals surface area contributed by atoms with Crippen molar-refractivity contribution in [1.29, 1.82) is 0 Å². The normalized spacial score (nSPS) is 13.3. The van der Waals surface area contributed by atoms with Crippen LogP contribution in [0.15, 0.2) is 54.6 Å². The molecular formula is C21H18ClN5O3. The predicted molar refractivity (Wildman–Crippen MR) is 115 cm³/mol. The number of nitrogens with one attached hydrogen (secondary N) is 1. The number of nitro groups is 1. The first kappa shape index (κ1) is 19.8. The minimum absolute atomic E-state index is 0.0401. The minimum Gasteiger partial charge on any atom is -0.355 e. The number of halogens is 1. The second-order valence-electron chi connectivity index (χ2n) is 6.92. The highest BCUT2D eigenvalue weighted by atomic mass is 35.5. The third-order valence-corrected chi connectivity index (χ3v) is 5.25. The molecule has 8 nitrogen and oxygen atoms in total. The fraction of sp³-hybridized carbons (Fsp3) is 0.190. The molecule has 0 aliphatic carbocycles. The van der Waals surface area contributed by atoms with Gasteiger partial charge in [0.25, 0.3) is 11.6 Å². The second-order valence-corrected chi connectivity index (χ2v) is 7.33. The summed E-state index contributed by atoms with van der Waals surface area (Å²) in [6.07, 6.45) is 2.36. The Bertz CT molecular complexity index is 1080. The number of amides is 1. The van der Waals surface area contributed by atoms with Gasteiger partial charge < -0.3 is 10.2 Å². The molecule has 4 rings (SSSR count). The van der Waals surface area contributed by atoms with Crippen LogP contribution in [0.25, 0.3) is 11.3 Å². The van der Waals surface area contributed by atoms with E-state index in [2.05, 4.69) is 20.4 Å². The van der Waals surface area contributed by atoms with Gasteiger partial charge in [0.15, 0.2) is 5.82 Å². The van der Waals surface area contributed by atoms with Crippen molar-refractivity contribution in [2.45, 2.75) is 12.8 Å². The van der Waals surface area contributed by atoms with E-state index in [9.17, 15) is 14.9 Å². The average Bonchev–Trinajstić information content (AvgIpc) is 3.29. The van der Waals surface area contributed by atoms with Crippen LogP contribution in [0.2, 0.25) is 5.02 Å². The Morgan fingerprint density at radius 2 is 1.77 bits per heavy atom. The fourth-order valence-corrected chi connectivity index (χ4v) is 3.52. The topological polar surface area (TPSA) is 101 Å². The predicted octanol–water partition coefficient (Wildman–Crippen LogP) is 4.56. The molecule has 1 aliphatic heterocycles. The van der Waals surface area contributed by atoms with Crippen LogP contribution in [-0.2, 0) is 0 Å². The van der Waals surface area contributed by atoms with Crippen molar-refractivity contribution >= 4 is 34.7 Å². The average molecular weight is 424 g/mol. The van der Waals surface area contributed by atoms with Crippen molar-refractivity contribution in [2.75, 3.05) is 23.3 Å². The number of carbonyl (C=O) groups is 1. The molecule has 0 radical (unpaired) electrons. The van der Waals surface area contributed by atoms with Crippen molar-refractivity contribution in [2.24, 2.45) is 0 Å². The number of aromatic nitrogens is 2. The molecule has 0 spiro atoms. The number of carbonyl (C=O) groups excluding carboxylic acids is 1. The zero-order valence-corrected chi connectivity index (χ0v) is 16.7. The Morgan fingerprint density at radius 1 is 1.03 bits per heavy atom. The molecule has 2 heterocycles. The van der Waals surface area contributed by atoms with E-state index in [0.29, 0.717) is 5.69 Å². The molecule has 1 aromatic heterocycles. The number of rotatable bonds is 5. The summed E-state index contributed by atoms with van der Waals surface area (Å²) in [4.78, 5) is 25.1. The number of nitrogens with zero attached hydrogens (tertiary/aromatic N) is 4. The van der Waals surface area contributed by atoms with Crippen molar-refractivity contribution in [3.8, 4) is 11.3 Å². The molecular weight excluding hydrogens is 406 g/mol. The summed E-state index contributed by atoms with van der Waals surface area (Å²) in [5.41, 5.74) is 1.97. The zero-order valence-electron chi connectivity index (χ0n) is 15.9. The smallest absolute Gasteiger partial charge is 0.270 e. The molecule has 9 heteroatoms. The Hall–Kier alpha value is -3.52. The highest BCUT2D eigenvalue weighted by Crippen LogP contribution is 2.25. The van der Waals surface area contributed by atoms with Gasteiger partial charge >= 0.3 is 0 Å². The van der Waals surface area contributed by atoms with Crippen LogP contribution >= 0.6 is 11.6 Å². The lowest BCUT2D eigenvalue weighted by Gasteiger charge is -2.15. The first-order valence-electron chi connectivity index (χ1n) is 9.46. The summed E-state index contributed by atoms with van der Waals surface area (Å²) in [7, 11) is 0. The molecule has 152 valence electrons. The maximum atomic E-state index is 12.5. The number of non-ortho nitro benzene ring substituents is 1. The lowest BCUT2D eigenvalue weighted by molar-refractivity contribution is -0.384. The molecule has 0 bridgehead atoms. The quantitative estimate of drug-likeness (QED) is 0.477. The van der Waals surface area contributed by atoms with Crippen LogP contribution in [0.5, 0.6) is 0 Å². The van der Waals surface area contributed by atoms with Gasteiger partial charge in [-0.25, -0.2) is 0 Å². The molecule has 1 N–H and O–H groups in total. The van der Waals surface area contributed by atoms with Crippen molar-refractivity contribution in [3.05, 3.63) is 75.3 Å². The summed E-state index contributed by atoms with van der Waals surface area (Å²) >= 11 is 6.02. The van der Waals surface area contributed by atoms with Gasteiger partial charge in [-0.15, -0.1) is 10.2 Å². The number of nitro benzene ring substituents is 1. The van der Waals surface area contributed by atoms with Gasteiger partial charge in [-0.3, -0.25) is 14.9 Å². The van der Waals surface area contributed by atoms with Gasteiger partial charge in [-0.05, 0) is 43.2 Å². The Labute approximate surface area is 177 Å². The van der Waals surface area contributed by atoms with Crippen molar-refractivity contribution < 1.29 is 9.72 Å². The van der Waals surface area contributed by atoms with E-state index < -0.39 is 10.8 Å². The van der Waals surface area contributed by atoms with E-state index in [1.54, 1.807) is 12.1 Å². The first-order valence-corrected chi connectivity index (χ1v) is 9.83. The maximum absolute atomic E-state index is 12.5. The van der Waals surface area contributed by atoms with Crippen molar-refractivity contribution in [3.63, 3.8) is 0 Å². The second kappa shape index (κ2) is 8.46. The first-order chi connectivity index (χ1) is 14.5. The third-order valence-electron chi connectivity index (χ3n) is 4.92. The van der Waals surface area contributed by atoms with E-state index in [1.807, 2.05) is 24.3 Å². The van der Waals surface area contributed by atoms with E-state index in [-0.39, 0.29) is 16.3 Å². The fourth-order valence-electron chi connectivity index (χ4n) is 3.32. The standard InChI is InChI=1S/C21H18ClN5O3/c22-18-8-7-16(27(29)30)13-17(18)21(28)23-15-5-3-14(4-6-15)19-9-10-20(25-24-19)26-11-1-2-12-26/h3-10,13H,1-2,11-12H2,(H,23,28). The van der Waals surface area contributed by atoms with Gasteiger partial charge in [0.05, 0.1) is 21.2 Å². The van der Waals surface area contributed by atoms with Gasteiger partial charge in [0.1, 0.15) is 0 Å². The Balaban J connectivity index is 1.47. The summed E-state index contributed by atoms with van der Waals surface area (Å²) < 4.78 is 0. The molecule has 1 amide bonds. The molecule has 2 aromatic carbocycles. The van der Waals surface area contributed by atoms with Crippen LogP contribution in [-0.4, -0.2) is 34.1 Å². The summed E-state index contributed by atoms with van der Waals surface area (Å²) in [6, 6.07) is 14.7. The Kier molecular flexibility index (Phi) is 5.58. The van der Waals surface area contributed by atoms with E-state index in [4.69, 9.17) is 11.6 Å². The molecule has 0 unspecified atom stereocenters. The van der Waals surface area contributed by atoms with E-state index in [1.165, 1.54) is 25.0 Å². The SMILES string of the molecule is O=C(Nc1ccc(-c2ccc(N3CCCC3)nn2)cc1)c1cc([N+](=O)[O-])ccc1Cl. The van der Waals surface area contributed by atoms with Crippen LogP contribution < -0.4 is 10.2 Å². The Morgan fingerprint density at radius 3 is 2.40 bits per heavy atom. The summed E-state index contributed by atoms with van der Waals surface area (Å²) in [5, 5.41) is 22.4. The number of hydrogen-bond acceptors (Lipinski definition) is 6. The minimum atomic E-state index is -0.571. The van der Waals surface area contributed by atoms with Gasteiger partial charge in [-0.2, -0.15) is 0 Å². The molecule has 0 atom stereocenters. The van der Waals surface area contributed by atoms with Crippen LogP contribution in [0.3, 0.4) is 0 Å². The molecule has 3 aromatic rings. The number of hydrogen-bond donors (Lipinski definition) is 1. The third kappa shape index (κ3) is 4.23. The number of anilines is 2. The molecule has 1 saturated heterocycles. The molecule has 0 saturated carbocycles. The monoisotopic (exact) mass is 423 g/mol. The molecule has 1 fully saturated rings. The largest absolute Gasteiger partial charge is 0.355 e.